The van der Waals surface area contributed by atoms with Crippen LogP contribution < -0.4 is 10.2 Å². The molecule has 0 atom stereocenters. The molecule has 30 heavy (non-hydrogen) atoms. The molecular weight excluding hydrogens is 448 g/mol. The molecule has 5 rings (SSSR count). The van der Waals surface area contributed by atoms with Crippen LogP contribution in [0.4, 0.5) is 11.4 Å². The Balaban J connectivity index is 1.44. The SMILES string of the molecule is Cc1ccc2c(c1)C(=O)C(=O)N2Cc1ccc(/C=C2/C(=O)Nc3ccc(Br)cc32)o1. The van der Waals surface area contributed by atoms with E-state index >= 15 is 0 Å². The number of anilines is 2. The molecule has 2 aliphatic rings. The maximum Gasteiger partial charge on any atom is 0.299 e. The maximum absolute atomic E-state index is 12.4. The first-order valence-corrected chi connectivity index (χ1v) is 10.1. The minimum Gasteiger partial charge on any atom is -0.460 e. The topological polar surface area (TPSA) is 79.6 Å². The van der Waals surface area contributed by atoms with Crippen LogP contribution in [0.5, 0.6) is 0 Å². The summed E-state index contributed by atoms with van der Waals surface area (Å²) in [5.41, 5.74) is 3.96. The van der Waals surface area contributed by atoms with Gasteiger partial charge >= 0.3 is 0 Å². The average Bonchev–Trinajstić information content (AvgIpc) is 3.35. The summed E-state index contributed by atoms with van der Waals surface area (Å²) < 4.78 is 6.72. The summed E-state index contributed by atoms with van der Waals surface area (Å²) in [7, 11) is 0. The van der Waals surface area contributed by atoms with Crippen LogP contribution in [0, 0.1) is 6.92 Å². The van der Waals surface area contributed by atoms with Gasteiger partial charge in [-0.15, -0.1) is 0 Å². The van der Waals surface area contributed by atoms with Gasteiger partial charge in [-0.1, -0.05) is 27.6 Å². The first kappa shape index (κ1) is 18.6. The molecular formula is C23H15BrN2O4. The number of amides is 2. The van der Waals surface area contributed by atoms with Crippen molar-refractivity contribution >= 4 is 56.6 Å². The van der Waals surface area contributed by atoms with Gasteiger partial charge in [0.1, 0.15) is 11.5 Å². The van der Waals surface area contributed by atoms with Gasteiger partial charge in [0, 0.05) is 15.7 Å². The Hall–Kier alpha value is -3.45. The molecule has 0 bridgehead atoms. The van der Waals surface area contributed by atoms with Gasteiger partial charge in [-0.05, 0) is 55.5 Å². The number of carbonyl (C=O) groups excluding carboxylic acids is 3. The van der Waals surface area contributed by atoms with E-state index in [1.165, 1.54) is 4.90 Å². The van der Waals surface area contributed by atoms with Crippen molar-refractivity contribution in [2.45, 2.75) is 13.5 Å². The summed E-state index contributed by atoms with van der Waals surface area (Å²) in [6, 6.07) is 14.4. The average molecular weight is 463 g/mol. The lowest BCUT2D eigenvalue weighted by atomic mass is 10.1. The van der Waals surface area contributed by atoms with Crippen molar-refractivity contribution in [3.05, 3.63) is 81.2 Å². The van der Waals surface area contributed by atoms with E-state index in [0.29, 0.717) is 28.3 Å². The van der Waals surface area contributed by atoms with Crippen LogP contribution in [-0.2, 0) is 16.1 Å². The van der Waals surface area contributed by atoms with Gasteiger partial charge in [0.15, 0.2) is 0 Å². The molecule has 1 aromatic heterocycles. The molecule has 1 N–H and O–H groups in total. The molecule has 3 aromatic rings. The zero-order valence-corrected chi connectivity index (χ0v) is 17.4. The van der Waals surface area contributed by atoms with Crippen LogP contribution in [0.3, 0.4) is 0 Å². The van der Waals surface area contributed by atoms with Crippen molar-refractivity contribution in [3.63, 3.8) is 0 Å². The number of hydrogen-bond donors (Lipinski definition) is 1. The van der Waals surface area contributed by atoms with E-state index in [0.717, 1.165) is 21.3 Å². The molecule has 0 saturated carbocycles. The fraction of sp³-hybridized carbons (Fsp3) is 0.0870. The normalized spacial score (nSPS) is 16.3. The molecule has 2 aliphatic heterocycles. The lowest BCUT2D eigenvalue weighted by Crippen LogP contribution is -2.28. The number of hydrogen-bond acceptors (Lipinski definition) is 4. The van der Waals surface area contributed by atoms with E-state index in [4.69, 9.17) is 4.42 Å². The number of Topliss-reactive ketones (excluding diaryl/α,β-unsaturated/α-hetero) is 1. The number of aryl methyl sites for hydroxylation is 1. The van der Waals surface area contributed by atoms with Crippen molar-refractivity contribution in [1.29, 1.82) is 0 Å². The van der Waals surface area contributed by atoms with Crippen LogP contribution in [0.25, 0.3) is 11.6 Å². The third kappa shape index (κ3) is 2.98. The highest BCUT2D eigenvalue weighted by molar-refractivity contribution is 9.10. The zero-order chi connectivity index (χ0) is 21.0. The highest BCUT2D eigenvalue weighted by Gasteiger charge is 2.36. The standard InChI is InChI=1S/C23H15BrN2O4/c1-12-2-7-20-18(8-12)21(27)23(29)26(20)11-15-5-4-14(30-15)10-17-16-9-13(24)3-6-19(16)25-22(17)28/h2-10H,11H2,1H3,(H,25,28)/b17-10+. The fourth-order valence-corrected chi connectivity index (χ4v) is 4.09. The maximum atomic E-state index is 12.4. The van der Waals surface area contributed by atoms with E-state index in [1.807, 2.05) is 31.2 Å². The monoisotopic (exact) mass is 462 g/mol. The quantitative estimate of drug-likeness (QED) is 0.456. The second-order valence-corrected chi connectivity index (χ2v) is 8.16. The highest BCUT2D eigenvalue weighted by atomic mass is 79.9. The number of carbonyl (C=O) groups is 3. The summed E-state index contributed by atoms with van der Waals surface area (Å²) in [5.74, 6) is -0.270. The number of fused-ring (bicyclic) bond motifs is 2. The van der Waals surface area contributed by atoms with E-state index in [1.54, 1.807) is 30.3 Å². The van der Waals surface area contributed by atoms with Crippen LogP contribution in [0.2, 0.25) is 0 Å². The van der Waals surface area contributed by atoms with Crippen LogP contribution in [0.15, 0.2) is 57.4 Å². The minimum atomic E-state index is -0.569. The Bertz CT molecular complexity index is 1290. The predicted octanol–water partition coefficient (Wildman–Crippen LogP) is 4.57. The zero-order valence-electron chi connectivity index (χ0n) is 15.9. The third-order valence-electron chi connectivity index (χ3n) is 5.17. The first-order valence-electron chi connectivity index (χ1n) is 9.29. The fourth-order valence-electron chi connectivity index (χ4n) is 3.73. The molecule has 3 heterocycles. The molecule has 2 amide bonds. The Labute approximate surface area is 180 Å². The third-order valence-corrected chi connectivity index (χ3v) is 5.67. The lowest BCUT2D eigenvalue weighted by molar-refractivity contribution is -0.114. The van der Waals surface area contributed by atoms with E-state index in [9.17, 15) is 14.4 Å². The summed E-state index contributed by atoms with van der Waals surface area (Å²) in [6.07, 6.45) is 1.67. The Morgan fingerprint density at radius 1 is 1.03 bits per heavy atom. The lowest BCUT2D eigenvalue weighted by Gasteiger charge is -2.14. The van der Waals surface area contributed by atoms with Gasteiger partial charge in [0.05, 0.1) is 23.4 Å². The number of benzene rings is 2. The molecule has 7 heteroatoms. The molecule has 0 unspecified atom stereocenters. The van der Waals surface area contributed by atoms with E-state index in [-0.39, 0.29) is 12.5 Å². The van der Waals surface area contributed by atoms with Crippen molar-refractivity contribution in [2.75, 3.05) is 10.2 Å². The molecule has 0 fully saturated rings. The Kier molecular flexibility index (Phi) is 4.22. The van der Waals surface area contributed by atoms with Gasteiger partial charge in [-0.25, -0.2) is 0 Å². The van der Waals surface area contributed by atoms with Crippen LogP contribution >= 0.6 is 15.9 Å². The molecule has 0 spiro atoms. The number of ketones is 1. The summed E-state index contributed by atoms with van der Waals surface area (Å²) in [4.78, 5) is 38.5. The smallest absolute Gasteiger partial charge is 0.299 e. The van der Waals surface area contributed by atoms with Crippen molar-refractivity contribution < 1.29 is 18.8 Å². The van der Waals surface area contributed by atoms with Crippen LogP contribution in [0.1, 0.15) is 33.0 Å². The van der Waals surface area contributed by atoms with Crippen molar-refractivity contribution in [3.8, 4) is 0 Å². The van der Waals surface area contributed by atoms with E-state index in [2.05, 4.69) is 21.2 Å². The molecule has 0 radical (unpaired) electrons. The van der Waals surface area contributed by atoms with Gasteiger partial charge < -0.3 is 9.73 Å². The summed E-state index contributed by atoms with van der Waals surface area (Å²) in [5, 5.41) is 2.83. The van der Waals surface area contributed by atoms with Gasteiger partial charge in [-0.3, -0.25) is 19.3 Å². The van der Waals surface area contributed by atoms with Gasteiger partial charge in [0.25, 0.3) is 17.6 Å². The van der Waals surface area contributed by atoms with Crippen molar-refractivity contribution in [1.82, 2.24) is 0 Å². The number of halogens is 1. The second kappa shape index (κ2) is 6.81. The van der Waals surface area contributed by atoms with Gasteiger partial charge in [-0.2, -0.15) is 0 Å². The molecule has 0 aliphatic carbocycles. The Morgan fingerprint density at radius 3 is 2.70 bits per heavy atom. The number of rotatable bonds is 3. The highest BCUT2D eigenvalue weighted by Crippen LogP contribution is 2.36. The second-order valence-electron chi connectivity index (χ2n) is 7.25. The van der Waals surface area contributed by atoms with Gasteiger partial charge in [0.2, 0.25) is 0 Å². The first-order chi connectivity index (χ1) is 14.4. The predicted molar refractivity (Wildman–Crippen MR) is 116 cm³/mol. The number of furan rings is 1. The summed E-state index contributed by atoms with van der Waals surface area (Å²) in [6.45, 7) is 2.01. The van der Waals surface area contributed by atoms with Crippen LogP contribution in [-0.4, -0.2) is 17.6 Å². The largest absolute Gasteiger partial charge is 0.460 e. The van der Waals surface area contributed by atoms with E-state index < -0.39 is 11.7 Å². The molecule has 2 aromatic carbocycles. The number of nitrogens with one attached hydrogen (secondary N) is 1. The Morgan fingerprint density at radius 2 is 1.87 bits per heavy atom. The number of nitrogens with zero attached hydrogens (tertiary/aromatic N) is 1. The van der Waals surface area contributed by atoms with Crippen molar-refractivity contribution in [2.24, 2.45) is 0 Å². The summed E-state index contributed by atoms with van der Waals surface area (Å²) >= 11 is 3.42. The molecule has 148 valence electrons. The molecule has 6 nitrogen and oxygen atoms in total. The molecule has 0 saturated heterocycles. The minimum absolute atomic E-state index is 0.137.